The number of nitrogens with zero attached hydrogens (tertiary/aromatic N) is 2. The lowest BCUT2D eigenvalue weighted by Gasteiger charge is -2.23. The quantitative estimate of drug-likeness (QED) is 0.833. The molecule has 4 nitrogen and oxygen atoms in total. The second-order valence-corrected chi connectivity index (χ2v) is 3.95. The maximum absolute atomic E-state index is 8.73. The van der Waals surface area contributed by atoms with Crippen molar-refractivity contribution in [2.24, 2.45) is 0 Å². The Morgan fingerprint density at radius 2 is 2.50 bits per heavy atom. The summed E-state index contributed by atoms with van der Waals surface area (Å²) in [6.07, 6.45) is 5.26. The molecule has 1 fully saturated rings. The van der Waals surface area contributed by atoms with E-state index in [4.69, 9.17) is 10.00 Å². The average Bonchev–Trinajstić information content (AvgIpc) is 2.38. The maximum Gasteiger partial charge on any atom is 0.214 e. The SMILES string of the molecule is N#Cc1ccnc(OC[C@H]2CCCCN2)c1. The standard InChI is InChI=1S/C12H15N3O/c13-8-10-4-6-15-12(7-10)16-9-11-3-1-2-5-14-11/h4,6-7,11,14H,1-3,5,9H2/t11-/m1/s1. The summed E-state index contributed by atoms with van der Waals surface area (Å²) in [7, 11) is 0. The molecule has 1 aromatic heterocycles. The summed E-state index contributed by atoms with van der Waals surface area (Å²) in [6.45, 7) is 1.70. The molecular formula is C12H15N3O. The van der Waals surface area contributed by atoms with Crippen molar-refractivity contribution in [2.75, 3.05) is 13.2 Å². The monoisotopic (exact) mass is 217 g/mol. The molecular weight excluding hydrogens is 202 g/mol. The molecule has 84 valence electrons. The van der Waals surface area contributed by atoms with E-state index < -0.39 is 0 Å². The van der Waals surface area contributed by atoms with Gasteiger partial charge in [-0.05, 0) is 25.5 Å². The molecule has 0 amide bonds. The van der Waals surface area contributed by atoms with Crippen molar-refractivity contribution in [1.29, 1.82) is 5.26 Å². The van der Waals surface area contributed by atoms with Crippen molar-refractivity contribution in [2.45, 2.75) is 25.3 Å². The predicted molar refractivity (Wildman–Crippen MR) is 60.1 cm³/mol. The number of hydrogen-bond donors (Lipinski definition) is 1. The van der Waals surface area contributed by atoms with E-state index in [9.17, 15) is 0 Å². The summed E-state index contributed by atoms with van der Waals surface area (Å²) in [5, 5.41) is 12.1. The summed E-state index contributed by atoms with van der Waals surface area (Å²) in [4.78, 5) is 4.07. The van der Waals surface area contributed by atoms with Gasteiger partial charge in [-0.3, -0.25) is 0 Å². The van der Waals surface area contributed by atoms with Gasteiger partial charge in [0.25, 0.3) is 0 Å². The molecule has 1 aliphatic heterocycles. The third-order valence-electron chi connectivity index (χ3n) is 2.71. The minimum Gasteiger partial charge on any atom is -0.476 e. The van der Waals surface area contributed by atoms with Crippen molar-refractivity contribution in [3.05, 3.63) is 23.9 Å². The summed E-state index contributed by atoms with van der Waals surface area (Å²) < 4.78 is 5.56. The molecule has 1 aliphatic rings. The summed E-state index contributed by atoms with van der Waals surface area (Å²) >= 11 is 0. The van der Waals surface area contributed by atoms with Crippen LogP contribution in [0.5, 0.6) is 5.88 Å². The fourth-order valence-electron chi connectivity index (χ4n) is 1.81. The number of hydrogen-bond acceptors (Lipinski definition) is 4. The van der Waals surface area contributed by atoms with Crippen molar-refractivity contribution >= 4 is 0 Å². The van der Waals surface area contributed by atoms with Crippen LogP contribution in [0.15, 0.2) is 18.3 Å². The van der Waals surface area contributed by atoms with Crippen LogP contribution in [-0.2, 0) is 0 Å². The van der Waals surface area contributed by atoms with Crippen molar-refractivity contribution in [3.63, 3.8) is 0 Å². The van der Waals surface area contributed by atoms with Crippen LogP contribution < -0.4 is 10.1 Å². The number of aromatic nitrogens is 1. The minimum atomic E-state index is 0.418. The highest BCUT2D eigenvalue weighted by Gasteiger charge is 2.13. The van der Waals surface area contributed by atoms with Crippen LogP contribution in [0, 0.1) is 11.3 Å². The highest BCUT2D eigenvalue weighted by atomic mass is 16.5. The van der Waals surface area contributed by atoms with Crippen LogP contribution in [0.4, 0.5) is 0 Å². The predicted octanol–water partition coefficient (Wildman–Crippen LogP) is 1.47. The van der Waals surface area contributed by atoms with Gasteiger partial charge < -0.3 is 10.1 Å². The van der Waals surface area contributed by atoms with Gasteiger partial charge in [0.2, 0.25) is 5.88 Å². The lowest BCUT2D eigenvalue weighted by Crippen LogP contribution is -2.38. The Labute approximate surface area is 95.3 Å². The normalized spacial score (nSPS) is 20.1. The first kappa shape index (κ1) is 10.9. The van der Waals surface area contributed by atoms with Gasteiger partial charge in [-0.1, -0.05) is 6.42 Å². The first-order valence-electron chi connectivity index (χ1n) is 5.61. The second-order valence-electron chi connectivity index (χ2n) is 3.95. The van der Waals surface area contributed by atoms with Gasteiger partial charge in [0, 0.05) is 18.3 Å². The zero-order valence-electron chi connectivity index (χ0n) is 9.15. The molecule has 0 aromatic carbocycles. The van der Waals surface area contributed by atoms with Gasteiger partial charge in [-0.15, -0.1) is 0 Å². The molecule has 16 heavy (non-hydrogen) atoms. The van der Waals surface area contributed by atoms with E-state index in [0.717, 1.165) is 13.0 Å². The van der Waals surface area contributed by atoms with Crippen molar-refractivity contribution in [3.8, 4) is 11.9 Å². The third kappa shape index (κ3) is 2.94. The maximum atomic E-state index is 8.73. The van der Waals surface area contributed by atoms with Gasteiger partial charge in [0.05, 0.1) is 11.6 Å². The van der Waals surface area contributed by atoms with Gasteiger partial charge in [0.1, 0.15) is 6.61 Å². The zero-order chi connectivity index (χ0) is 11.2. The average molecular weight is 217 g/mol. The molecule has 1 atom stereocenters. The molecule has 1 aromatic rings. The number of pyridine rings is 1. The topological polar surface area (TPSA) is 57.9 Å². The summed E-state index contributed by atoms with van der Waals surface area (Å²) in [5.41, 5.74) is 0.585. The van der Waals surface area contributed by atoms with Crippen LogP contribution in [0.3, 0.4) is 0 Å². The van der Waals surface area contributed by atoms with E-state index in [2.05, 4.69) is 16.4 Å². The first-order valence-corrected chi connectivity index (χ1v) is 5.61. The molecule has 2 heterocycles. The molecule has 0 bridgehead atoms. The molecule has 0 spiro atoms. The minimum absolute atomic E-state index is 0.418. The number of rotatable bonds is 3. The lowest BCUT2D eigenvalue weighted by molar-refractivity contribution is 0.232. The molecule has 0 unspecified atom stereocenters. The number of nitriles is 1. The molecule has 1 N–H and O–H groups in total. The highest BCUT2D eigenvalue weighted by Crippen LogP contribution is 2.11. The van der Waals surface area contributed by atoms with Crippen LogP contribution in [0.2, 0.25) is 0 Å². The van der Waals surface area contributed by atoms with Crippen molar-refractivity contribution < 1.29 is 4.74 Å². The molecule has 0 saturated carbocycles. The largest absolute Gasteiger partial charge is 0.476 e. The van der Waals surface area contributed by atoms with Crippen LogP contribution in [0.1, 0.15) is 24.8 Å². The van der Waals surface area contributed by atoms with Crippen LogP contribution in [-0.4, -0.2) is 24.2 Å². The Kier molecular flexibility index (Phi) is 3.73. The van der Waals surface area contributed by atoms with E-state index >= 15 is 0 Å². The Hall–Kier alpha value is -1.60. The van der Waals surface area contributed by atoms with E-state index in [-0.39, 0.29) is 0 Å². The number of piperidine rings is 1. The van der Waals surface area contributed by atoms with Crippen LogP contribution in [0.25, 0.3) is 0 Å². The van der Waals surface area contributed by atoms with Gasteiger partial charge in [-0.25, -0.2) is 4.98 Å². The Morgan fingerprint density at radius 1 is 1.56 bits per heavy atom. The number of ether oxygens (including phenoxy) is 1. The van der Waals surface area contributed by atoms with E-state index in [1.54, 1.807) is 18.3 Å². The smallest absolute Gasteiger partial charge is 0.214 e. The molecule has 0 aliphatic carbocycles. The third-order valence-corrected chi connectivity index (χ3v) is 2.71. The molecule has 1 saturated heterocycles. The number of nitrogens with one attached hydrogen (secondary N) is 1. The molecule has 2 rings (SSSR count). The van der Waals surface area contributed by atoms with Gasteiger partial charge >= 0.3 is 0 Å². The van der Waals surface area contributed by atoms with E-state index in [0.29, 0.717) is 24.1 Å². The van der Waals surface area contributed by atoms with Gasteiger partial charge in [0.15, 0.2) is 0 Å². The van der Waals surface area contributed by atoms with Crippen LogP contribution >= 0.6 is 0 Å². The van der Waals surface area contributed by atoms with E-state index in [1.807, 2.05) is 0 Å². The lowest BCUT2D eigenvalue weighted by atomic mass is 10.1. The Bertz CT molecular complexity index is 380. The molecule has 0 radical (unpaired) electrons. The Morgan fingerprint density at radius 3 is 3.25 bits per heavy atom. The summed E-state index contributed by atoms with van der Waals surface area (Å²) in [6, 6.07) is 5.83. The fraction of sp³-hybridized carbons (Fsp3) is 0.500. The second kappa shape index (κ2) is 5.47. The summed E-state index contributed by atoms with van der Waals surface area (Å²) in [5.74, 6) is 0.534. The Balaban J connectivity index is 1.86. The van der Waals surface area contributed by atoms with Crippen molar-refractivity contribution in [1.82, 2.24) is 10.3 Å². The molecule has 4 heteroatoms. The fourth-order valence-corrected chi connectivity index (χ4v) is 1.81. The highest BCUT2D eigenvalue weighted by molar-refractivity contribution is 5.31. The zero-order valence-corrected chi connectivity index (χ0v) is 9.15. The van der Waals surface area contributed by atoms with E-state index in [1.165, 1.54) is 12.8 Å². The van der Waals surface area contributed by atoms with Gasteiger partial charge in [-0.2, -0.15) is 5.26 Å². The first-order chi connectivity index (χ1) is 7.88.